The van der Waals surface area contributed by atoms with Gasteiger partial charge in [-0.25, -0.2) is 0 Å². The van der Waals surface area contributed by atoms with E-state index in [-0.39, 0.29) is 0 Å². The number of aliphatic hydroxyl groups excluding tert-OH is 1. The Balaban J connectivity index is 1.98. The quantitative estimate of drug-likeness (QED) is 0.452. The SMILES string of the molecule is C=CCCCCCN(CCO)C1CC1. The number of rotatable bonds is 9. The predicted molar refractivity (Wildman–Crippen MR) is 60.3 cm³/mol. The molecule has 0 heterocycles. The summed E-state index contributed by atoms with van der Waals surface area (Å²) in [4.78, 5) is 2.44. The molecule has 1 aliphatic rings. The summed E-state index contributed by atoms with van der Waals surface area (Å²) in [6, 6.07) is 0.793. The zero-order chi connectivity index (χ0) is 10.2. The highest BCUT2D eigenvalue weighted by atomic mass is 16.3. The van der Waals surface area contributed by atoms with E-state index in [2.05, 4.69) is 11.5 Å². The Morgan fingerprint density at radius 3 is 2.57 bits per heavy atom. The van der Waals surface area contributed by atoms with Crippen LogP contribution in [0.25, 0.3) is 0 Å². The third kappa shape index (κ3) is 4.77. The molecule has 0 spiro atoms. The lowest BCUT2D eigenvalue weighted by Crippen LogP contribution is -2.30. The zero-order valence-corrected chi connectivity index (χ0v) is 9.12. The predicted octanol–water partition coefficient (Wildman–Crippen LogP) is 2.19. The van der Waals surface area contributed by atoms with E-state index in [4.69, 9.17) is 5.11 Å². The maximum atomic E-state index is 8.90. The van der Waals surface area contributed by atoms with Crippen LogP contribution in [-0.4, -0.2) is 35.7 Å². The molecule has 0 aliphatic heterocycles. The third-order valence-electron chi connectivity index (χ3n) is 2.80. The molecule has 1 saturated carbocycles. The van der Waals surface area contributed by atoms with Crippen molar-refractivity contribution in [1.82, 2.24) is 4.90 Å². The van der Waals surface area contributed by atoms with Crippen molar-refractivity contribution in [2.75, 3.05) is 19.7 Å². The monoisotopic (exact) mass is 197 g/mol. The van der Waals surface area contributed by atoms with Crippen molar-refractivity contribution in [3.63, 3.8) is 0 Å². The second kappa shape index (κ2) is 7.02. The highest BCUT2D eigenvalue weighted by Crippen LogP contribution is 2.26. The summed E-state index contributed by atoms with van der Waals surface area (Å²) in [5.41, 5.74) is 0. The highest BCUT2D eigenvalue weighted by molar-refractivity contribution is 4.84. The number of unbranched alkanes of at least 4 members (excludes halogenated alkanes) is 3. The average molecular weight is 197 g/mol. The van der Waals surface area contributed by atoms with Gasteiger partial charge in [0.25, 0.3) is 0 Å². The first-order chi connectivity index (χ1) is 6.88. The van der Waals surface area contributed by atoms with Crippen LogP contribution in [0.1, 0.15) is 38.5 Å². The van der Waals surface area contributed by atoms with Crippen LogP contribution in [0.2, 0.25) is 0 Å². The van der Waals surface area contributed by atoms with Crippen molar-refractivity contribution in [3.05, 3.63) is 12.7 Å². The summed E-state index contributed by atoms with van der Waals surface area (Å²) in [6.45, 7) is 6.06. The van der Waals surface area contributed by atoms with Gasteiger partial charge in [-0.1, -0.05) is 12.5 Å². The first kappa shape index (κ1) is 11.7. The minimum Gasteiger partial charge on any atom is -0.395 e. The van der Waals surface area contributed by atoms with Crippen molar-refractivity contribution in [3.8, 4) is 0 Å². The Kier molecular flexibility index (Phi) is 5.88. The summed E-state index contributed by atoms with van der Waals surface area (Å²) in [6.07, 6.45) is 9.64. The summed E-state index contributed by atoms with van der Waals surface area (Å²) >= 11 is 0. The van der Waals surface area contributed by atoms with Crippen molar-refractivity contribution in [2.45, 2.75) is 44.6 Å². The van der Waals surface area contributed by atoms with Gasteiger partial charge >= 0.3 is 0 Å². The number of hydrogen-bond acceptors (Lipinski definition) is 2. The van der Waals surface area contributed by atoms with Gasteiger partial charge in [0.2, 0.25) is 0 Å². The Morgan fingerprint density at radius 2 is 2.00 bits per heavy atom. The molecule has 0 aromatic carbocycles. The molecule has 0 bridgehead atoms. The van der Waals surface area contributed by atoms with Gasteiger partial charge in [0.05, 0.1) is 6.61 Å². The Labute approximate surface area is 87.6 Å². The Hall–Kier alpha value is -0.340. The molecule has 1 aliphatic carbocycles. The summed E-state index contributed by atoms with van der Waals surface area (Å²) in [5.74, 6) is 0. The van der Waals surface area contributed by atoms with Crippen LogP contribution in [0.15, 0.2) is 12.7 Å². The second-order valence-electron chi connectivity index (χ2n) is 4.13. The molecule has 1 rings (SSSR count). The molecule has 14 heavy (non-hydrogen) atoms. The van der Waals surface area contributed by atoms with E-state index in [9.17, 15) is 0 Å². The lowest BCUT2D eigenvalue weighted by atomic mass is 10.2. The van der Waals surface area contributed by atoms with E-state index in [1.807, 2.05) is 6.08 Å². The molecule has 1 fully saturated rings. The third-order valence-corrected chi connectivity index (χ3v) is 2.80. The molecule has 1 N–H and O–H groups in total. The zero-order valence-electron chi connectivity index (χ0n) is 9.12. The molecule has 0 radical (unpaired) electrons. The van der Waals surface area contributed by atoms with Crippen molar-refractivity contribution in [2.24, 2.45) is 0 Å². The van der Waals surface area contributed by atoms with E-state index in [0.717, 1.165) is 19.0 Å². The summed E-state index contributed by atoms with van der Waals surface area (Å²) in [5, 5.41) is 8.90. The molecule has 2 heteroatoms. The van der Waals surface area contributed by atoms with E-state index in [1.54, 1.807) is 0 Å². The van der Waals surface area contributed by atoms with Crippen LogP contribution < -0.4 is 0 Å². The molecular weight excluding hydrogens is 174 g/mol. The minimum absolute atomic E-state index is 0.309. The van der Waals surface area contributed by atoms with Gasteiger partial charge in [0.1, 0.15) is 0 Å². The average Bonchev–Trinajstić information content (AvgIpc) is 2.99. The minimum atomic E-state index is 0.309. The number of allylic oxidation sites excluding steroid dienone is 1. The maximum absolute atomic E-state index is 8.90. The van der Waals surface area contributed by atoms with Gasteiger partial charge in [-0.15, -0.1) is 6.58 Å². The first-order valence-electron chi connectivity index (χ1n) is 5.84. The highest BCUT2D eigenvalue weighted by Gasteiger charge is 2.27. The lowest BCUT2D eigenvalue weighted by Gasteiger charge is -2.20. The van der Waals surface area contributed by atoms with Crippen LogP contribution in [0.4, 0.5) is 0 Å². The fraction of sp³-hybridized carbons (Fsp3) is 0.833. The van der Waals surface area contributed by atoms with Crippen LogP contribution in [0.5, 0.6) is 0 Å². The van der Waals surface area contributed by atoms with Crippen LogP contribution in [0, 0.1) is 0 Å². The largest absolute Gasteiger partial charge is 0.395 e. The molecule has 2 nitrogen and oxygen atoms in total. The molecule has 0 amide bonds. The first-order valence-corrected chi connectivity index (χ1v) is 5.84. The van der Waals surface area contributed by atoms with Gasteiger partial charge in [0, 0.05) is 12.6 Å². The molecule has 82 valence electrons. The van der Waals surface area contributed by atoms with E-state index >= 15 is 0 Å². The molecule has 0 aromatic heterocycles. The molecule has 0 atom stereocenters. The standard InChI is InChI=1S/C12H23NO/c1-2-3-4-5-6-9-13(10-11-14)12-7-8-12/h2,12,14H,1,3-11H2. The van der Waals surface area contributed by atoms with Gasteiger partial charge in [-0.2, -0.15) is 0 Å². The van der Waals surface area contributed by atoms with Gasteiger partial charge in [0.15, 0.2) is 0 Å². The van der Waals surface area contributed by atoms with Crippen molar-refractivity contribution in [1.29, 1.82) is 0 Å². The van der Waals surface area contributed by atoms with Crippen molar-refractivity contribution >= 4 is 0 Å². The normalized spacial score (nSPS) is 16.1. The van der Waals surface area contributed by atoms with Gasteiger partial charge in [-0.05, 0) is 38.6 Å². The molecule has 0 aromatic rings. The topological polar surface area (TPSA) is 23.5 Å². The van der Waals surface area contributed by atoms with E-state index in [1.165, 1.54) is 38.6 Å². The van der Waals surface area contributed by atoms with E-state index in [0.29, 0.717) is 6.61 Å². The van der Waals surface area contributed by atoms with Gasteiger partial charge < -0.3 is 5.11 Å². The van der Waals surface area contributed by atoms with Crippen molar-refractivity contribution < 1.29 is 5.11 Å². The molecular formula is C12H23NO. The van der Waals surface area contributed by atoms with Gasteiger partial charge in [-0.3, -0.25) is 4.90 Å². The number of hydrogen-bond donors (Lipinski definition) is 1. The summed E-state index contributed by atoms with van der Waals surface area (Å²) < 4.78 is 0. The lowest BCUT2D eigenvalue weighted by molar-refractivity contribution is 0.186. The summed E-state index contributed by atoms with van der Waals surface area (Å²) in [7, 11) is 0. The maximum Gasteiger partial charge on any atom is 0.0558 e. The fourth-order valence-corrected chi connectivity index (χ4v) is 1.83. The number of aliphatic hydroxyl groups is 1. The van der Waals surface area contributed by atoms with E-state index < -0.39 is 0 Å². The smallest absolute Gasteiger partial charge is 0.0558 e. The molecule has 0 saturated heterocycles. The number of nitrogens with zero attached hydrogens (tertiary/aromatic N) is 1. The second-order valence-corrected chi connectivity index (χ2v) is 4.13. The Bertz CT molecular complexity index is 154. The van der Waals surface area contributed by atoms with Crippen LogP contribution >= 0.6 is 0 Å². The molecule has 0 unspecified atom stereocenters. The van der Waals surface area contributed by atoms with Crippen LogP contribution in [0.3, 0.4) is 0 Å². The fourth-order valence-electron chi connectivity index (χ4n) is 1.83. The Morgan fingerprint density at radius 1 is 1.21 bits per heavy atom. The van der Waals surface area contributed by atoms with Crippen LogP contribution in [-0.2, 0) is 0 Å².